The third kappa shape index (κ3) is 2.05. The molecule has 0 saturated carbocycles. The highest BCUT2D eigenvalue weighted by Crippen LogP contribution is 2.46. The van der Waals surface area contributed by atoms with Gasteiger partial charge in [-0.15, -0.1) is 0 Å². The number of methoxy groups -OCH3 is 2. The predicted molar refractivity (Wildman–Crippen MR) is 98.2 cm³/mol. The lowest BCUT2D eigenvalue weighted by Gasteiger charge is -2.24. The Hall–Kier alpha value is -3.35. The van der Waals surface area contributed by atoms with Crippen molar-refractivity contribution < 1.29 is 24.1 Å². The second-order valence-electron chi connectivity index (χ2n) is 6.49. The molecular formula is C20H17NO6. The molecule has 0 fully saturated rings. The maximum Gasteiger partial charge on any atom is 0.263 e. The fourth-order valence-electron chi connectivity index (χ4n) is 3.96. The first-order valence-corrected chi connectivity index (χ1v) is 8.57. The first kappa shape index (κ1) is 15.9. The van der Waals surface area contributed by atoms with Gasteiger partial charge in [-0.1, -0.05) is 0 Å². The van der Waals surface area contributed by atoms with E-state index in [1.165, 1.54) is 14.2 Å². The van der Waals surface area contributed by atoms with Gasteiger partial charge in [0.25, 0.3) is 5.56 Å². The van der Waals surface area contributed by atoms with E-state index in [0.717, 1.165) is 11.1 Å². The number of aromatic hydroxyl groups is 1. The van der Waals surface area contributed by atoms with E-state index in [4.69, 9.17) is 18.9 Å². The van der Waals surface area contributed by atoms with Crippen molar-refractivity contribution in [2.45, 2.75) is 13.0 Å². The van der Waals surface area contributed by atoms with E-state index >= 15 is 0 Å². The van der Waals surface area contributed by atoms with Crippen LogP contribution in [0.25, 0.3) is 22.0 Å². The Labute approximate surface area is 154 Å². The van der Waals surface area contributed by atoms with Gasteiger partial charge in [0, 0.05) is 17.5 Å². The van der Waals surface area contributed by atoms with Crippen molar-refractivity contribution in [3.05, 3.63) is 40.2 Å². The van der Waals surface area contributed by atoms with E-state index in [-0.39, 0.29) is 18.1 Å². The lowest BCUT2D eigenvalue weighted by molar-refractivity contribution is 0.174. The third-order valence-electron chi connectivity index (χ3n) is 5.21. The van der Waals surface area contributed by atoms with Crippen molar-refractivity contribution in [1.82, 2.24) is 4.57 Å². The minimum atomic E-state index is -0.225. The Bertz CT molecular complexity index is 1160. The quantitative estimate of drug-likeness (QED) is 0.750. The molecule has 0 aliphatic carbocycles. The number of benzene rings is 2. The van der Waals surface area contributed by atoms with Crippen LogP contribution in [0.2, 0.25) is 0 Å². The maximum absolute atomic E-state index is 13.3. The molecule has 0 amide bonds. The molecule has 7 heteroatoms. The number of rotatable bonds is 2. The van der Waals surface area contributed by atoms with Crippen LogP contribution in [-0.4, -0.2) is 30.7 Å². The Morgan fingerprint density at radius 3 is 2.63 bits per heavy atom. The van der Waals surface area contributed by atoms with Crippen LogP contribution in [-0.2, 0) is 13.0 Å². The van der Waals surface area contributed by atoms with Crippen LogP contribution in [0.1, 0.15) is 5.56 Å². The van der Waals surface area contributed by atoms with E-state index in [0.29, 0.717) is 52.4 Å². The molecule has 27 heavy (non-hydrogen) atoms. The average Bonchev–Trinajstić information content (AvgIpc) is 3.15. The highest BCUT2D eigenvalue weighted by atomic mass is 16.7. The molecule has 0 unspecified atom stereocenters. The second kappa shape index (κ2) is 5.57. The van der Waals surface area contributed by atoms with Gasteiger partial charge < -0.3 is 28.6 Å². The van der Waals surface area contributed by atoms with Gasteiger partial charge in [0.2, 0.25) is 6.79 Å². The average molecular weight is 367 g/mol. The predicted octanol–water partition coefficient (Wildman–Crippen LogP) is 2.68. The minimum absolute atomic E-state index is 0.0327. The van der Waals surface area contributed by atoms with Gasteiger partial charge in [-0.25, -0.2) is 0 Å². The summed E-state index contributed by atoms with van der Waals surface area (Å²) in [6.45, 7) is 0.621. The van der Waals surface area contributed by atoms with Crippen LogP contribution in [0, 0.1) is 0 Å². The second-order valence-corrected chi connectivity index (χ2v) is 6.49. The van der Waals surface area contributed by atoms with Gasteiger partial charge >= 0.3 is 0 Å². The molecule has 3 heterocycles. The van der Waals surface area contributed by atoms with Gasteiger partial charge in [-0.2, -0.15) is 0 Å². The lowest BCUT2D eigenvalue weighted by atomic mass is 9.94. The zero-order valence-electron chi connectivity index (χ0n) is 14.9. The highest BCUT2D eigenvalue weighted by molar-refractivity contribution is 5.98. The van der Waals surface area contributed by atoms with Crippen LogP contribution < -0.4 is 24.5 Å². The van der Waals surface area contributed by atoms with E-state index in [9.17, 15) is 9.90 Å². The summed E-state index contributed by atoms with van der Waals surface area (Å²) in [6.07, 6.45) is 0.649. The van der Waals surface area contributed by atoms with Crippen molar-refractivity contribution in [2.24, 2.45) is 0 Å². The SMILES string of the molecule is COc1ccc2c(O)c3n(c(=O)c2c1OC)CCc1cc2c(cc1-3)OCO2. The largest absolute Gasteiger partial charge is 0.505 e. The molecule has 0 saturated heterocycles. The molecule has 5 rings (SSSR count). The number of fused-ring (bicyclic) bond motifs is 5. The van der Waals surface area contributed by atoms with Gasteiger partial charge in [0.1, 0.15) is 5.75 Å². The molecule has 7 nitrogen and oxygen atoms in total. The minimum Gasteiger partial charge on any atom is -0.505 e. The highest BCUT2D eigenvalue weighted by Gasteiger charge is 2.28. The molecule has 0 atom stereocenters. The number of hydrogen-bond acceptors (Lipinski definition) is 6. The number of ether oxygens (including phenoxy) is 4. The Balaban J connectivity index is 1.88. The molecule has 0 spiro atoms. The van der Waals surface area contributed by atoms with Crippen molar-refractivity contribution in [1.29, 1.82) is 0 Å². The van der Waals surface area contributed by atoms with Crippen LogP contribution in [0.3, 0.4) is 0 Å². The van der Waals surface area contributed by atoms with Gasteiger partial charge in [0.05, 0.1) is 25.3 Å². The standard InChI is InChI=1S/C20H17NO6/c1-24-13-4-3-11-16(19(13)25-2)20(23)21-6-5-10-7-14-15(27-9-26-14)8-12(10)17(21)18(11)22/h3-4,7-8,22H,5-6,9H2,1-2H3. The molecule has 0 bridgehead atoms. The molecule has 2 aliphatic heterocycles. The summed E-state index contributed by atoms with van der Waals surface area (Å²) in [5.74, 6) is 2.10. The molecule has 3 aromatic rings. The van der Waals surface area contributed by atoms with Crippen LogP contribution in [0.15, 0.2) is 29.1 Å². The van der Waals surface area contributed by atoms with Gasteiger partial charge in [-0.05, 0) is 36.2 Å². The van der Waals surface area contributed by atoms with Gasteiger partial charge in [0.15, 0.2) is 23.0 Å². The van der Waals surface area contributed by atoms with Gasteiger partial charge in [-0.3, -0.25) is 4.79 Å². The van der Waals surface area contributed by atoms with E-state index in [1.807, 2.05) is 12.1 Å². The van der Waals surface area contributed by atoms with Crippen LogP contribution in [0.5, 0.6) is 28.7 Å². The van der Waals surface area contributed by atoms with E-state index in [2.05, 4.69) is 0 Å². The molecular weight excluding hydrogens is 350 g/mol. The summed E-state index contributed by atoms with van der Waals surface area (Å²) in [4.78, 5) is 13.3. The topological polar surface area (TPSA) is 79.2 Å². The summed E-state index contributed by atoms with van der Waals surface area (Å²) in [5, 5.41) is 11.8. The first-order valence-electron chi connectivity index (χ1n) is 8.57. The molecule has 138 valence electrons. The van der Waals surface area contributed by atoms with Crippen LogP contribution in [0.4, 0.5) is 0 Å². The molecule has 2 aromatic carbocycles. The zero-order valence-corrected chi connectivity index (χ0v) is 14.9. The first-order chi connectivity index (χ1) is 13.1. The van der Waals surface area contributed by atoms with E-state index < -0.39 is 0 Å². The number of hydrogen-bond donors (Lipinski definition) is 1. The normalized spacial score (nSPS) is 14.0. The molecule has 2 aliphatic rings. The Morgan fingerprint density at radius 2 is 1.89 bits per heavy atom. The maximum atomic E-state index is 13.3. The van der Waals surface area contributed by atoms with Crippen molar-refractivity contribution in [2.75, 3.05) is 21.0 Å². The zero-order chi connectivity index (χ0) is 18.7. The summed E-state index contributed by atoms with van der Waals surface area (Å²) in [6, 6.07) is 7.11. The summed E-state index contributed by atoms with van der Waals surface area (Å²) < 4.78 is 23.2. The monoisotopic (exact) mass is 367 g/mol. The fourth-order valence-corrected chi connectivity index (χ4v) is 3.96. The summed E-state index contributed by atoms with van der Waals surface area (Å²) in [7, 11) is 2.99. The number of nitrogens with zero attached hydrogens (tertiary/aromatic N) is 1. The number of aromatic nitrogens is 1. The smallest absolute Gasteiger partial charge is 0.263 e. The molecule has 1 N–H and O–H groups in total. The summed E-state index contributed by atoms with van der Waals surface area (Å²) in [5.41, 5.74) is 2.04. The third-order valence-corrected chi connectivity index (χ3v) is 5.21. The van der Waals surface area contributed by atoms with Crippen molar-refractivity contribution in [3.8, 4) is 40.0 Å². The Morgan fingerprint density at radius 1 is 1.11 bits per heavy atom. The summed E-state index contributed by atoms with van der Waals surface area (Å²) >= 11 is 0. The molecule has 1 aromatic heterocycles. The van der Waals surface area contributed by atoms with Crippen molar-refractivity contribution in [3.63, 3.8) is 0 Å². The number of pyridine rings is 1. The Kier molecular flexibility index (Phi) is 3.28. The van der Waals surface area contributed by atoms with Crippen LogP contribution >= 0.6 is 0 Å². The van der Waals surface area contributed by atoms with E-state index in [1.54, 1.807) is 16.7 Å². The van der Waals surface area contributed by atoms with Crippen molar-refractivity contribution >= 4 is 10.8 Å². The molecule has 0 radical (unpaired) electrons. The fraction of sp³-hybridized carbons (Fsp3) is 0.250. The lowest BCUT2D eigenvalue weighted by Crippen LogP contribution is -2.26. The number of aryl methyl sites for hydroxylation is 1.